The number of rotatable bonds is 5. The summed E-state index contributed by atoms with van der Waals surface area (Å²) in [5.74, 6) is 0. The molecule has 1 aliphatic heterocycles. The number of allylic oxidation sites excluding steroid dienone is 1. The zero-order valence-corrected chi connectivity index (χ0v) is 9.82. The molecule has 0 aliphatic carbocycles. The highest BCUT2D eigenvalue weighted by Crippen LogP contribution is 2.16. The van der Waals surface area contributed by atoms with Gasteiger partial charge in [-0.2, -0.15) is 0 Å². The standard InChI is InChI=1S/C14H18N2/c1-12-5-4-9-16-14(12)7-3-2-6-13-8-10-15-11-13/h4-5,9-11H,2-3,6-8H2,1H3. The Morgan fingerprint density at radius 2 is 2.12 bits per heavy atom. The summed E-state index contributed by atoms with van der Waals surface area (Å²) in [6, 6.07) is 4.13. The number of aromatic nitrogens is 1. The molecule has 2 rings (SSSR count). The van der Waals surface area contributed by atoms with Gasteiger partial charge in [0.15, 0.2) is 0 Å². The summed E-state index contributed by atoms with van der Waals surface area (Å²) >= 11 is 0. The average molecular weight is 214 g/mol. The fraction of sp³-hybridized carbons (Fsp3) is 0.429. The molecule has 16 heavy (non-hydrogen) atoms. The average Bonchev–Trinajstić information content (AvgIpc) is 2.79. The van der Waals surface area contributed by atoms with E-state index >= 15 is 0 Å². The molecule has 0 N–H and O–H groups in total. The molecule has 1 aromatic heterocycles. The summed E-state index contributed by atoms with van der Waals surface area (Å²) in [5.41, 5.74) is 4.03. The first-order valence-corrected chi connectivity index (χ1v) is 5.96. The second-order valence-electron chi connectivity index (χ2n) is 4.30. The highest BCUT2D eigenvalue weighted by molar-refractivity contribution is 5.65. The second-order valence-corrected chi connectivity index (χ2v) is 4.30. The van der Waals surface area contributed by atoms with E-state index in [0.717, 1.165) is 12.8 Å². The molecule has 0 saturated heterocycles. The fourth-order valence-electron chi connectivity index (χ4n) is 1.97. The maximum Gasteiger partial charge on any atom is 0.0432 e. The first-order valence-electron chi connectivity index (χ1n) is 5.96. The van der Waals surface area contributed by atoms with Crippen molar-refractivity contribution in [3.63, 3.8) is 0 Å². The molecule has 0 atom stereocenters. The Balaban J connectivity index is 1.70. The molecule has 0 amide bonds. The molecule has 2 nitrogen and oxygen atoms in total. The topological polar surface area (TPSA) is 25.2 Å². The lowest BCUT2D eigenvalue weighted by molar-refractivity contribution is 0.713. The van der Waals surface area contributed by atoms with E-state index in [1.165, 1.54) is 36.1 Å². The van der Waals surface area contributed by atoms with Crippen molar-refractivity contribution in [3.8, 4) is 0 Å². The number of unbranched alkanes of at least 4 members (excludes halogenated alkanes) is 1. The lowest BCUT2D eigenvalue weighted by Crippen LogP contribution is -1.94. The van der Waals surface area contributed by atoms with Crippen LogP contribution in [0.1, 0.15) is 36.9 Å². The molecule has 0 radical (unpaired) electrons. The van der Waals surface area contributed by atoms with Gasteiger partial charge in [0.2, 0.25) is 0 Å². The molecule has 2 heteroatoms. The monoisotopic (exact) mass is 214 g/mol. The van der Waals surface area contributed by atoms with Crippen LogP contribution in [-0.2, 0) is 6.42 Å². The first kappa shape index (κ1) is 11.1. The van der Waals surface area contributed by atoms with Gasteiger partial charge in [0.1, 0.15) is 0 Å². The maximum absolute atomic E-state index is 4.41. The van der Waals surface area contributed by atoms with Crippen molar-refractivity contribution in [1.29, 1.82) is 0 Å². The highest BCUT2D eigenvalue weighted by atomic mass is 14.7. The Morgan fingerprint density at radius 1 is 1.25 bits per heavy atom. The van der Waals surface area contributed by atoms with Crippen molar-refractivity contribution in [2.75, 3.05) is 0 Å². The highest BCUT2D eigenvalue weighted by Gasteiger charge is 2.02. The quantitative estimate of drug-likeness (QED) is 0.689. The van der Waals surface area contributed by atoms with Gasteiger partial charge < -0.3 is 0 Å². The minimum atomic E-state index is 1.06. The Labute approximate surface area is 97.1 Å². The number of hydrogen-bond donors (Lipinski definition) is 0. The summed E-state index contributed by atoms with van der Waals surface area (Å²) in [5, 5.41) is 0. The summed E-state index contributed by atoms with van der Waals surface area (Å²) < 4.78 is 0. The van der Waals surface area contributed by atoms with Crippen molar-refractivity contribution in [3.05, 3.63) is 41.4 Å². The van der Waals surface area contributed by atoms with E-state index in [4.69, 9.17) is 0 Å². The van der Waals surface area contributed by atoms with E-state index in [9.17, 15) is 0 Å². The van der Waals surface area contributed by atoms with Crippen LogP contribution in [0.15, 0.2) is 35.1 Å². The summed E-state index contributed by atoms with van der Waals surface area (Å²) in [6.07, 6.45) is 11.7. The largest absolute Gasteiger partial charge is 0.269 e. The van der Waals surface area contributed by atoms with Gasteiger partial charge in [0, 0.05) is 30.7 Å². The molecule has 1 aromatic rings. The van der Waals surface area contributed by atoms with Crippen LogP contribution in [0.4, 0.5) is 0 Å². The van der Waals surface area contributed by atoms with E-state index in [-0.39, 0.29) is 0 Å². The number of aliphatic imine (C=N–C) groups is 1. The summed E-state index contributed by atoms with van der Waals surface area (Å²) in [7, 11) is 0. The molecular formula is C14H18N2. The SMILES string of the molecule is Cc1cccnc1CCCCC1=CN=CC1. The van der Waals surface area contributed by atoms with Crippen LogP contribution < -0.4 is 0 Å². The van der Waals surface area contributed by atoms with Gasteiger partial charge in [-0.1, -0.05) is 6.07 Å². The summed E-state index contributed by atoms with van der Waals surface area (Å²) in [4.78, 5) is 8.52. The van der Waals surface area contributed by atoms with Crippen molar-refractivity contribution in [1.82, 2.24) is 4.98 Å². The number of pyridine rings is 1. The van der Waals surface area contributed by atoms with Crippen molar-refractivity contribution < 1.29 is 0 Å². The lowest BCUT2D eigenvalue weighted by atomic mass is 10.0. The van der Waals surface area contributed by atoms with Crippen LogP contribution in [0.5, 0.6) is 0 Å². The van der Waals surface area contributed by atoms with Crippen LogP contribution in [0.25, 0.3) is 0 Å². The van der Waals surface area contributed by atoms with E-state index in [1.54, 1.807) is 0 Å². The van der Waals surface area contributed by atoms with E-state index in [1.807, 2.05) is 24.7 Å². The Hall–Kier alpha value is -1.44. The van der Waals surface area contributed by atoms with Crippen LogP contribution in [0.2, 0.25) is 0 Å². The third-order valence-corrected chi connectivity index (χ3v) is 3.00. The first-order chi connectivity index (χ1) is 7.86. The normalized spacial score (nSPS) is 14.2. The number of aryl methyl sites for hydroxylation is 2. The van der Waals surface area contributed by atoms with Gasteiger partial charge in [-0.05, 0) is 49.8 Å². The molecule has 0 fully saturated rings. The van der Waals surface area contributed by atoms with Crippen molar-refractivity contribution >= 4 is 6.21 Å². The van der Waals surface area contributed by atoms with E-state index in [0.29, 0.717) is 0 Å². The predicted octanol–water partition coefficient (Wildman–Crippen LogP) is 3.46. The van der Waals surface area contributed by atoms with Gasteiger partial charge in [0.05, 0.1) is 0 Å². The van der Waals surface area contributed by atoms with Gasteiger partial charge in [-0.15, -0.1) is 0 Å². The van der Waals surface area contributed by atoms with E-state index < -0.39 is 0 Å². The number of nitrogens with zero attached hydrogens (tertiary/aromatic N) is 2. The lowest BCUT2D eigenvalue weighted by Gasteiger charge is -2.04. The minimum Gasteiger partial charge on any atom is -0.269 e. The molecule has 0 aromatic carbocycles. The van der Waals surface area contributed by atoms with Crippen LogP contribution in [-0.4, -0.2) is 11.2 Å². The molecule has 84 valence electrons. The third-order valence-electron chi connectivity index (χ3n) is 3.00. The fourth-order valence-corrected chi connectivity index (χ4v) is 1.97. The zero-order chi connectivity index (χ0) is 11.2. The van der Waals surface area contributed by atoms with Gasteiger partial charge in [-0.3, -0.25) is 9.98 Å². The molecule has 0 unspecified atom stereocenters. The predicted molar refractivity (Wildman–Crippen MR) is 67.7 cm³/mol. The molecule has 0 saturated carbocycles. The Morgan fingerprint density at radius 3 is 2.88 bits per heavy atom. The van der Waals surface area contributed by atoms with Crippen molar-refractivity contribution in [2.45, 2.75) is 39.0 Å². The summed E-state index contributed by atoms with van der Waals surface area (Å²) in [6.45, 7) is 2.13. The Bertz CT molecular complexity index is 405. The minimum absolute atomic E-state index is 1.06. The van der Waals surface area contributed by atoms with Crippen LogP contribution >= 0.6 is 0 Å². The molecular weight excluding hydrogens is 196 g/mol. The maximum atomic E-state index is 4.41. The molecule has 2 heterocycles. The molecule has 1 aliphatic rings. The van der Waals surface area contributed by atoms with Crippen LogP contribution in [0, 0.1) is 6.92 Å². The van der Waals surface area contributed by atoms with Crippen LogP contribution in [0.3, 0.4) is 0 Å². The molecule has 0 spiro atoms. The van der Waals surface area contributed by atoms with Gasteiger partial charge >= 0.3 is 0 Å². The van der Waals surface area contributed by atoms with E-state index in [2.05, 4.69) is 23.0 Å². The molecule has 0 bridgehead atoms. The smallest absolute Gasteiger partial charge is 0.0432 e. The van der Waals surface area contributed by atoms with Crippen molar-refractivity contribution in [2.24, 2.45) is 4.99 Å². The van der Waals surface area contributed by atoms with Gasteiger partial charge in [0.25, 0.3) is 0 Å². The van der Waals surface area contributed by atoms with Gasteiger partial charge in [-0.25, -0.2) is 0 Å². The third kappa shape index (κ3) is 3.02. The Kier molecular flexibility index (Phi) is 3.86. The zero-order valence-electron chi connectivity index (χ0n) is 9.82. The number of hydrogen-bond acceptors (Lipinski definition) is 2. The second kappa shape index (κ2) is 5.59.